The molecule has 0 unspecified atom stereocenters. The SMILES string of the molecule is C=CCOc1ccc(C(=O)Nc2ccccc2Oc2ccccc2)cc1. The highest BCUT2D eigenvalue weighted by Crippen LogP contribution is 2.29. The maximum absolute atomic E-state index is 12.5. The molecule has 4 heteroatoms. The van der Waals surface area contributed by atoms with E-state index >= 15 is 0 Å². The standard InChI is InChI=1S/C22H19NO3/c1-2-16-25-18-14-12-17(13-15-18)22(24)23-20-10-6-7-11-21(20)26-19-8-4-3-5-9-19/h2-15H,1,16H2,(H,23,24). The van der Waals surface area contributed by atoms with Gasteiger partial charge in [-0.25, -0.2) is 0 Å². The first-order valence-electron chi connectivity index (χ1n) is 8.23. The Morgan fingerprint density at radius 2 is 1.58 bits per heavy atom. The van der Waals surface area contributed by atoms with Gasteiger partial charge in [0.25, 0.3) is 5.91 Å². The van der Waals surface area contributed by atoms with E-state index in [-0.39, 0.29) is 5.91 Å². The monoisotopic (exact) mass is 345 g/mol. The molecule has 3 aromatic carbocycles. The second-order valence-corrected chi connectivity index (χ2v) is 5.49. The molecule has 26 heavy (non-hydrogen) atoms. The minimum atomic E-state index is -0.218. The highest BCUT2D eigenvalue weighted by Gasteiger charge is 2.10. The molecule has 0 aromatic heterocycles. The number of carbonyl (C=O) groups excluding carboxylic acids is 1. The molecule has 0 heterocycles. The molecule has 4 nitrogen and oxygen atoms in total. The van der Waals surface area contributed by atoms with Gasteiger partial charge < -0.3 is 14.8 Å². The predicted octanol–water partition coefficient (Wildman–Crippen LogP) is 5.30. The van der Waals surface area contributed by atoms with Crippen molar-refractivity contribution < 1.29 is 14.3 Å². The Morgan fingerprint density at radius 1 is 0.885 bits per heavy atom. The fourth-order valence-electron chi connectivity index (χ4n) is 2.33. The summed E-state index contributed by atoms with van der Waals surface area (Å²) in [5.41, 5.74) is 1.14. The summed E-state index contributed by atoms with van der Waals surface area (Å²) < 4.78 is 11.3. The van der Waals surface area contributed by atoms with E-state index in [1.807, 2.05) is 48.5 Å². The molecule has 0 spiro atoms. The van der Waals surface area contributed by atoms with Gasteiger partial charge in [0.2, 0.25) is 0 Å². The number of hydrogen-bond acceptors (Lipinski definition) is 3. The van der Waals surface area contributed by atoms with E-state index in [1.165, 1.54) is 0 Å². The molecule has 3 aromatic rings. The van der Waals surface area contributed by atoms with Crippen molar-refractivity contribution in [2.24, 2.45) is 0 Å². The maximum atomic E-state index is 12.5. The van der Waals surface area contributed by atoms with Crippen LogP contribution in [0, 0.1) is 0 Å². The molecular weight excluding hydrogens is 326 g/mol. The maximum Gasteiger partial charge on any atom is 0.255 e. The first-order chi connectivity index (χ1) is 12.8. The summed E-state index contributed by atoms with van der Waals surface area (Å²) in [6.45, 7) is 4.03. The van der Waals surface area contributed by atoms with Gasteiger partial charge in [-0.3, -0.25) is 4.79 Å². The molecule has 0 saturated heterocycles. The third-order valence-corrected chi connectivity index (χ3v) is 3.59. The summed E-state index contributed by atoms with van der Waals surface area (Å²) in [4.78, 5) is 12.5. The van der Waals surface area contributed by atoms with Crippen LogP contribution in [0.1, 0.15) is 10.4 Å². The second-order valence-electron chi connectivity index (χ2n) is 5.49. The number of benzene rings is 3. The van der Waals surface area contributed by atoms with Crippen molar-refractivity contribution in [3.63, 3.8) is 0 Å². The molecule has 0 saturated carbocycles. The van der Waals surface area contributed by atoms with Crippen molar-refractivity contribution in [3.8, 4) is 17.2 Å². The lowest BCUT2D eigenvalue weighted by Crippen LogP contribution is -2.12. The average Bonchev–Trinajstić information content (AvgIpc) is 2.69. The Hall–Kier alpha value is -3.53. The number of anilines is 1. The van der Waals surface area contributed by atoms with E-state index in [9.17, 15) is 4.79 Å². The third kappa shape index (κ3) is 4.51. The first kappa shape index (κ1) is 17.3. The zero-order valence-corrected chi connectivity index (χ0v) is 14.2. The fraction of sp³-hybridized carbons (Fsp3) is 0.0455. The van der Waals surface area contributed by atoms with E-state index < -0.39 is 0 Å². The minimum Gasteiger partial charge on any atom is -0.490 e. The predicted molar refractivity (Wildman–Crippen MR) is 103 cm³/mol. The van der Waals surface area contributed by atoms with Crippen LogP contribution in [0.15, 0.2) is 91.5 Å². The zero-order chi connectivity index (χ0) is 18.2. The number of carbonyl (C=O) groups is 1. The van der Waals surface area contributed by atoms with Gasteiger partial charge in [-0.15, -0.1) is 0 Å². The number of para-hydroxylation sites is 3. The quantitative estimate of drug-likeness (QED) is 0.591. The van der Waals surface area contributed by atoms with Crippen molar-refractivity contribution in [3.05, 3.63) is 97.1 Å². The zero-order valence-electron chi connectivity index (χ0n) is 14.2. The smallest absolute Gasteiger partial charge is 0.255 e. The van der Waals surface area contributed by atoms with Gasteiger partial charge in [0.05, 0.1) is 5.69 Å². The van der Waals surface area contributed by atoms with Crippen LogP contribution in [0.25, 0.3) is 0 Å². The van der Waals surface area contributed by atoms with Crippen molar-refractivity contribution >= 4 is 11.6 Å². The van der Waals surface area contributed by atoms with E-state index in [0.717, 1.165) is 0 Å². The third-order valence-electron chi connectivity index (χ3n) is 3.59. The van der Waals surface area contributed by atoms with Crippen LogP contribution in [-0.2, 0) is 0 Å². The lowest BCUT2D eigenvalue weighted by Gasteiger charge is -2.12. The highest BCUT2D eigenvalue weighted by atomic mass is 16.5. The van der Waals surface area contributed by atoms with E-state index in [0.29, 0.717) is 35.1 Å². The van der Waals surface area contributed by atoms with Crippen LogP contribution in [-0.4, -0.2) is 12.5 Å². The first-order valence-corrected chi connectivity index (χ1v) is 8.23. The Morgan fingerprint density at radius 3 is 2.31 bits per heavy atom. The van der Waals surface area contributed by atoms with Crippen LogP contribution in [0.4, 0.5) is 5.69 Å². The van der Waals surface area contributed by atoms with Crippen LogP contribution in [0.5, 0.6) is 17.2 Å². The van der Waals surface area contributed by atoms with Gasteiger partial charge in [-0.2, -0.15) is 0 Å². The molecule has 0 fully saturated rings. The average molecular weight is 345 g/mol. The van der Waals surface area contributed by atoms with Gasteiger partial charge in [-0.05, 0) is 48.5 Å². The Labute approximate surface area is 152 Å². The van der Waals surface area contributed by atoms with Crippen molar-refractivity contribution in [1.29, 1.82) is 0 Å². The molecular formula is C22H19NO3. The number of amides is 1. The van der Waals surface area contributed by atoms with Crippen molar-refractivity contribution in [2.75, 3.05) is 11.9 Å². The van der Waals surface area contributed by atoms with Gasteiger partial charge in [-0.1, -0.05) is 43.0 Å². The summed E-state index contributed by atoms with van der Waals surface area (Å²) in [6, 6.07) is 23.7. The molecule has 130 valence electrons. The van der Waals surface area contributed by atoms with Gasteiger partial charge in [0.1, 0.15) is 18.1 Å². The summed E-state index contributed by atoms with van der Waals surface area (Å²) in [5, 5.41) is 2.89. The van der Waals surface area contributed by atoms with Crippen LogP contribution in [0.2, 0.25) is 0 Å². The minimum absolute atomic E-state index is 0.218. The Bertz CT molecular complexity index is 873. The Balaban J connectivity index is 1.72. The van der Waals surface area contributed by atoms with Crippen molar-refractivity contribution in [1.82, 2.24) is 0 Å². The molecule has 0 aliphatic heterocycles. The van der Waals surface area contributed by atoms with Crippen LogP contribution < -0.4 is 14.8 Å². The summed E-state index contributed by atoms with van der Waals surface area (Å²) in [6.07, 6.45) is 1.67. The normalized spacial score (nSPS) is 10.0. The largest absolute Gasteiger partial charge is 0.490 e. The second kappa shape index (κ2) is 8.53. The molecule has 3 rings (SSSR count). The molecule has 0 atom stereocenters. The number of nitrogens with one attached hydrogen (secondary N) is 1. The summed E-state index contributed by atoms with van der Waals surface area (Å²) in [7, 11) is 0. The lowest BCUT2D eigenvalue weighted by molar-refractivity contribution is 0.102. The van der Waals surface area contributed by atoms with Gasteiger partial charge in [0, 0.05) is 5.56 Å². The highest BCUT2D eigenvalue weighted by molar-refractivity contribution is 6.05. The van der Waals surface area contributed by atoms with E-state index in [2.05, 4.69) is 11.9 Å². The lowest BCUT2D eigenvalue weighted by atomic mass is 10.2. The fourth-order valence-corrected chi connectivity index (χ4v) is 2.33. The Kier molecular flexibility index (Phi) is 5.68. The van der Waals surface area contributed by atoms with Gasteiger partial charge >= 0.3 is 0 Å². The molecule has 0 radical (unpaired) electrons. The molecule has 0 aliphatic carbocycles. The summed E-state index contributed by atoms with van der Waals surface area (Å²) >= 11 is 0. The van der Waals surface area contributed by atoms with Crippen molar-refractivity contribution in [2.45, 2.75) is 0 Å². The molecule has 1 amide bonds. The molecule has 0 aliphatic rings. The number of rotatable bonds is 7. The molecule has 0 bridgehead atoms. The van der Waals surface area contributed by atoms with E-state index in [1.54, 1.807) is 36.4 Å². The van der Waals surface area contributed by atoms with E-state index in [4.69, 9.17) is 9.47 Å². The molecule has 1 N–H and O–H groups in total. The van der Waals surface area contributed by atoms with Crippen LogP contribution >= 0.6 is 0 Å². The topological polar surface area (TPSA) is 47.6 Å². The number of ether oxygens (including phenoxy) is 2. The number of hydrogen-bond donors (Lipinski definition) is 1. The van der Waals surface area contributed by atoms with Crippen LogP contribution in [0.3, 0.4) is 0 Å². The summed E-state index contributed by atoms with van der Waals surface area (Å²) in [5.74, 6) is 1.76. The van der Waals surface area contributed by atoms with Gasteiger partial charge in [0.15, 0.2) is 5.75 Å².